The zero-order valence-corrected chi connectivity index (χ0v) is 18.8. The van der Waals surface area contributed by atoms with E-state index in [0.29, 0.717) is 35.4 Å². The molecule has 0 aromatic carbocycles. The molecule has 1 fully saturated rings. The predicted molar refractivity (Wildman–Crippen MR) is 121 cm³/mol. The maximum absolute atomic E-state index is 13.2. The molecule has 1 aliphatic carbocycles. The number of hydrogen-bond donors (Lipinski definition) is 1. The number of nitrogens with zero attached hydrogens (tertiary/aromatic N) is 4. The third-order valence-electron chi connectivity index (χ3n) is 6.01. The minimum atomic E-state index is -0.0673. The number of hydrogen-bond acceptors (Lipinski definition) is 5. The number of halogens is 1. The molecule has 3 aromatic heterocycles. The van der Waals surface area contributed by atoms with Crippen LogP contribution in [-0.2, 0) is 6.54 Å². The van der Waals surface area contributed by atoms with Crippen molar-refractivity contribution in [3.63, 3.8) is 0 Å². The third-order valence-corrected chi connectivity index (χ3v) is 6.44. The molecule has 0 aliphatic heterocycles. The molecular weight excluding hydrogens is 442 g/mol. The number of aromatic nitrogens is 4. The quantitative estimate of drug-likeness (QED) is 0.497. The summed E-state index contributed by atoms with van der Waals surface area (Å²) in [5.41, 5.74) is 2.21. The van der Waals surface area contributed by atoms with Gasteiger partial charge >= 0.3 is 0 Å². The maximum atomic E-state index is 13.2. The molecule has 3 atom stereocenters. The number of ketones is 1. The lowest BCUT2D eigenvalue weighted by molar-refractivity contribution is 0.103. The van der Waals surface area contributed by atoms with E-state index in [0.717, 1.165) is 28.8 Å². The molecule has 1 saturated carbocycles. The van der Waals surface area contributed by atoms with Gasteiger partial charge in [0.2, 0.25) is 0 Å². The van der Waals surface area contributed by atoms with Crippen molar-refractivity contribution in [2.24, 2.45) is 11.8 Å². The Bertz CT molecular complexity index is 1030. The molecule has 3 aromatic rings. The molecule has 0 saturated heterocycles. The van der Waals surface area contributed by atoms with Crippen LogP contribution in [0.2, 0.25) is 0 Å². The summed E-state index contributed by atoms with van der Waals surface area (Å²) < 4.78 is 2.92. The first-order valence-corrected chi connectivity index (χ1v) is 11.2. The first-order chi connectivity index (χ1) is 14.5. The normalized spacial score (nSPS) is 21.0. The molecule has 1 aliphatic rings. The second-order valence-corrected chi connectivity index (χ2v) is 9.07. The van der Waals surface area contributed by atoms with E-state index in [4.69, 9.17) is 0 Å². The molecule has 30 heavy (non-hydrogen) atoms. The van der Waals surface area contributed by atoms with Gasteiger partial charge < -0.3 is 9.88 Å². The number of pyridine rings is 1. The zero-order valence-electron chi connectivity index (χ0n) is 17.3. The van der Waals surface area contributed by atoms with Gasteiger partial charge in [-0.1, -0.05) is 20.3 Å². The van der Waals surface area contributed by atoms with Gasteiger partial charge in [-0.3, -0.25) is 9.78 Å². The van der Waals surface area contributed by atoms with Crippen molar-refractivity contribution in [2.75, 3.05) is 5.32 Å². The minimum absolute atomic E-state index is 0.0673. The SMILES string of the molecule is CC[C@H]1C[C@@H](Nc2ncncc2C(=O)c2ccn(Cc3cncc(Br)c3)c2)C[C@@H]1C. The van der Waals surface area contributed by atoms with Crippen molar-refractivity contribution in [2.45, 2.75) is 45.7 Å². The highest BCUT2D eigenvalue weighted by Gasteiger charge is 2.31. The molecule has 0 amide bonds. The minimum Gasteiger partial charge on any atom is -0.367 e. The summed E-state index contributed by atoms with van der Waals surface area (Å²) in [6.07, 6.45) is 13.9. The van der Waals surface area contributed by atoms with Crippen molar-refractivity contribution in [1.82, 2.24) is 19.5 Å². The van der Waals surface area contributed by atoms with E-state index >= 15 is 0 Å². The maximum Gasteiger partial charge on any atom is 0.199 e. The van der Waals surface area contributed by atoms with Gasteiger partial charge in [-0.25, -0.2) is 9.97 Å². The summed E-state index contributed by atoms with van der Waals surface area (Å²) >= 11 is 3.44. The molecule has 6 nitrogen and oxygen atoms in total. The van der Waals surface area contributed by atoms with Crippen LogP contribution in [0.4, 0.5) is 5.82 Å². The number of rotatable bonds is 7. The number of nitrogens with one attached hydrogen (secondary N) is 1. The average molecular weight is 468 g/mol. The molecule has 0 radical (unpaired) electrons. The van der Waals surface area contributed by atoms with Crippen molar-refractivity contribution >= 4 is 27.5 Å². The van der Waals surface area contributed by atoms with Gasteiger partial charge in [0.1, 0.15) is 12.1 Å². The average Bonchev–Trinajstić information content (AvgIpc) is 3.34. The second kappa shape index (κ2) is 9.08. The first-order valence-electron chi connectivity index (χ1n) is 10.4. The summed E-state index contributed by atoms with van der Waals surface area (Å²) in [4.78, 5) is 25.9. The molecule has 4 rings (SSSR count). The number of carbonyl (C=O) groups is 1. The van der Waals surface area contributed by atoms with E-state index in [-0.39, 0.29) is 5.78 Å². The fourth-order valence-electron chi connectivity index (χ4n) is 4.41. The Morgan fingerprint density at radius 1 is 1.27 bits per heavy atom. The van der Waals surface area contributed by atoms with Crippen LogP contribution in [0.25, 0.3) is 0 Å². The summed E-state index contributed by atoms with van der Waals surface area (Å²) in [5.74, 6) is 1.98. The summed E-state index contributed by atoms with van der Waals surface area (Å²) in [6.45, 7) is 5.21. The predicted octanol–water partition coefficient (Wildman–Crippen LogP) is 4.95. The topological polar surface area (TPSA) is 72.7 Å². The van der Waals surface area contributed by atoms with Crippen molar-refractivity contribution in [3.05, 3.63) is 70.6 Å². The van der Waals surface area contributed by atoms with Gasteiger partial charge in [0, 0.05) is 53.6 Å². The molecule has 0 spiro atoms. The monoisotopic (exact) mass is 467 g/mol. The Kier molecular flexibility index (Phi) is 6.27. The van der Waals surface area contributed by atoms with Gasteiger partial charge in [0.05, 0.1) is 5.56 Å². The zero-order chi connectivity index (χ0) is 21.1. The molecular formula is C23H26BrN5O. The highest BCUT2D eigenvalue weighted by molar-refractivity contribution is 9.10. The Labute approximate surface area is 185 Å². The van der Waals surface area contributed by atoms with Gasteiger partial charge in [0.15, 0.2) is 5.78 Å². The lowest BCUT2D eigenvalue weighted by Crippen LogP contribution is -2.19. The first kappa shape index (κ1) is 20.7. The van der Waals surface area contributed by atoms with E-state index in [1.807, 2.05) is 35.3 Å². The van der Waals surface area contributed by atoms with Crippen molar-refractivity contribution in [3.8, 4) is 0 Å². The van der Waals surface area contributed by atoms with E-state index in [9.17, 15) is 4.79 Å². The van der Waals surface area contributed by atoms with Gasteiger partial charge in [-0.15, -0.1) is 0 Å². The summed E-state index contributed by atoms with van der Waals surface area (Å²) in [5, 5.41) is 3.52. The summed E-state index contributed by atoms with van der Waals surface area (Å²) in [7, 11) is 0. The fourth-order valence-corrected chi connectivity index (χ4v) is 4.82. The van der Waals surface area contributed by atoms with Gasteiger partial charge in [-0.05, 0) is 58.3 Å². The third kappa shape index (κ3) is 4.61. The molecule has 0 unspecified atom stereocenters. The van der Waals surface area contributed by atoms with E-state index in [1.54, 1.807) is 12.4 Å². The van der Waals surface area contributed by atoms with Crippen LogP contribution in [0.5, 0.6) is 0 Å². The van der Waals surface area contributed by atoms with E-state index in [1.165, 1.54) is 12.7 Å². The van der Waals surface area contributed by atoms with Gasteiger partial charge in [-0.2, -0.15) is 0 Å². The molecule has 3 heterocycles. The highest BCUT2D eigenvalue weighted by Crippen LogP contribution is 2.35. The second-order valence-electron chi connectivity index (χ2n) is 8.16. The fraction of sp³-hybridized carbons (Fsp3) is 0.391. The number of anilines is 1. The molecule has 0 bridgehead atoms. The Morgan fingerprint density at radius 3 is 2.90 bits per heavy atom. The van der Waals surface area contributed by atoms with Crippen LogP contribution >= 0.6 is 15.9 Å². The van der Waals surface area contributed by atoms with Crippen LogP contribution in [0, 0.1) is 11.8 Å². The molecule has 7 heteroatoms. The van der Waals surface area contributed by atoms with Crippen LogP contribution in [0.3, 0.4) is 0 Å². The smallest absolute Gasteiger partial charge is 0.199 e. The lowest BCUT2D eigenvalue weighted by Gasteiger charge is -2.15. The standard InChI is InChI=1S/C23H26BrN5O/c1-3-17-8-20(6-15(17)2)28-23-21(11-26-14-27-23)22(30)18-4-5-29(13-18)12-16-7-19(24)10-25-9-16/h4-5,7,9-11,13-15,17,20H,3,6,8,12H2,1-2H3,(H,26,27,28)/t15-,17-,20-/m0/s1. The van der Waals surface area contributed by atoms with E-state index < -0.39 is 0 Å². The van der Waals surface area contributed by atoms with E-state index in [2.05, 4.69) is 50.0 Å². The lowest BCUT2D eigenvalue weighted by atomic mass is 9.96. The van der Waals surface area contributed by atoms with Crippen LogP contribution in [-0.4, -0.2) is 31.3 Å². The largest absolute Gasteiger partial charge is 0.367 e. The van der Waals surface area contributed by atoms with Crippen molar-refractivity contribution in [1.29, 1.82) is 0 Å². The van der Waals surface area contributed by atoms with Crippen LogP contribution < -0.4 is 5.32 Å². The Hall–Kier alpha value is -2.54. The Morgan fingerprint density at radius 2 is 2.13 bits per heavy atom. The number of carbonyl (C=O) groups excluding carboxylic acids is 1. The van der Waals surface area contributed by atoms with Crippen LogP contribution in [0.15, 0.2) is 53.9 Å². The molecule has 1 N–H and O–H groups in total. The van der Waals surface area contributed by atoms with Crippen molar-refractivity contribution < 1.29 is 4.79 Å². The Balaban J connectivity index is 1.50. The summed E-state index contributed by atoms with van der Waals surface area (Å²) in [6, 6.07) is 4.21. The highest BCUT2D eigenvalue weighted by atomic mass is 79.9. The molecule has 156 valence electrons. The van der Waals surface area contributed by atoms with Crippen LogP contribution in [0.1, 0.15) is 54.6 Å². The van der Waals surface area contributed by atoms with Gasteiger partial charge in [0.25, 0.3) is 0 Å².